The standard InChI is InChI=1S/C27H35N9O8S2/c1-14(46-25-32-34-35-33-25)27(22(40)44-13-43-21(39)26(2,3)4)11-36-19(38)17(20(36)45-12-27)29-18(37)16(15-9-7-6-8-10-15)30-24(42)31-23(41)28-5/h6-10,14,16-17,20H,11-13H2,1-5H3,(H,29,37)(H,32,33,34,35)(H3,28,30,31,41,42)/t14?,16?,17?,20-,27?/m1/s1. The highest BCUT2D eigenvalue weighted by Crippen LogP contribution is 2.48. The van der Waals surface area contributed by atoms with Crippen molar-refractivity contribution in [2.75, 3.05) is 26.1 Å². The second kappa shape index (κ2) is 14.4. The van der Waals surface area contributed by atoms with Gasteiger partial charge in [0, 0.05) is 24.6 Å². The number of carbonyl (C=O) groups excluding carboxylic acids is 6. The normalized spacial score (nSPS) is 21.8. The van der Waals surface area contributed by atoms with Crippen molar-refractivity contribution in [1.82, 2.24) is 46.8 Å². The average Bonchev–Trinajstić information content (AvgIpc) is 3.54. The molecular formula is C27H35N9O8S2. The zero-order valence-corrected chi connectivity index (χ0v) is 27.3. The van der Waals surface area contributed by atoms with Gasteiger partial charge in [-0.05, 0) is 31.5 Å². The van der Waals surface area contributed by atoms with Gasteiger partial charge < -0.3 is 30.3 Å². The van der Waals surface area contributed by atoms with Gasteiger partial charge in [-0.2, -0.15) is 5.21 Å². The minimum atomic E-state index is -1.27. The number of ether oxygens (including phenoxy) is 2. The molecule has 0 aliphatic carbocycles. The van der Waals surface area contributed by atoms with Crippen molar-refractivity contribution >= 4 is 59.3 Å². The van der Waals surface area contributed by atoms with Gasteiger partial charge in [0.15, 0.2) is 0 Å². The lowest BCUT2D eigenvalue weighted by atomic mass is 9.84. The Bertz CT molecular complexity index is 1460. The number of H-pyrrole nitrogens is 1. The topological polar surface area (TPSA) is 227 Å². The number of β-lactam (4-membered cyclic amide) rings is 1. The number of carbonyl (C=O) groups is 6. The quantitative estimate of drug-likeness (QED) is 0.100. The number of urea groups is 2. The molecule has 1 aromatic carbocycles. The van der Waals surface area contributed by atoms with E-state index in [0.29, 0.717) is 5.56 Å². The van der Waals surface area contributed by atoms with Gasteiger partial charge >= 0.3 is 24.0 Å². The largest absolute Gasteiger partial charge is 0.427 e. The van der Waals surface area contributed by atoms with Crippen LogP contribution in [0.4, 0.5) is 9.59 Å². The molecule has 1 aromatic heterocycles. The molecule has 2 saturated heterocycles. The van der Waals surface area contributed by atoms with E-state index >= 15 is 0 Å². The predicted octanol–water partition coefficient (Wildman–Crippen LogP) is 0.537. The van der Waals surface area contributed by atoms with Crippen molar-refractivity contribution in [1.29, 1.82) is 0 Å². The molecule has 4 rings (SSSR count). The molecule has 3 heterocycles. The van der Waals surface area contributed by atoms with E-state index in [2.05, 4.69) is 36.6 Å². The van der Waals surface area contributed by atoms with Crippen LogP contribution in [-0.2, 0) is 28.7 Å². The average molecular weight is 678 g/mol. The summed E-state index contributed by atoms with van der Waals surface area (Å²) >= 11 is 2.43. The molecule has 4 unspecified atom stereocenters. The Morgan fingerprint density at radius 1 is 1.15 bits per heavy atom. The van der Waals surface area contributed by atoms with Crippen molar-refractivity contribution in [2.24, 2.45) is 10.8 Å². The summed E-state index contributed by atoms with van der Waals surface area (Å²) in [6.07, 6.45) is 0. The van der Waals surface area contributed by atoms with Crippen LogP contribution in [0.15, 0.2) is 35.5 Å². The molecule has 0 saturated carbocycles. The van der Waals surface area contributed by atoms with Crippen LogP contribution in [-0.4, -0.2) is 104 Å². The molecular weight excluding hydrogens is 642 g/mol. The maximum absolute atomic E-state index is 13.6. The number of esters is 2. The van der Waals surface area contributed by atoms with Crippen LogP contribution in [0.25, 0.3) is 0 Å². The number of nitrogens with one attached hydrogen (secondary N) is 5. The number of rotatable bonds is 10. The van der Waals surface area contributed by atoms with Crippen LogP contribution >= 0.6 is 23.5 Å². The van der Waals surface area contributed by atoms with Gasteiger partial charge in [-0.3, -0.25) is 24.5 Å². The number of aromatic amines is 1. The molecule has 0 radical (unpaired) electrons. The van der Waals surface area contributed by atoms with Crippen molar-refractivity contribution < 1.29 is 38.2 Å². The first-order chi connectivity index (χ1) is 21.8. The van der Waals surface area contributed by atoms with E-state index in [1.807, 2.05) is 5.32 Å². The van der Waals surface area contributed by atoms with Gasteiger partial charge in [0.05, 0.1) is 5.41 Å². The van der Waals surface area contributed by atoms with Gasteiger partial charge in [-0.1, -0.05) is 49.0 Å². The first-order valence-electron chi connectivity index (χ1n) is 14.1. The second-order valence-electron chi connectivity index (χ2n) is 11.5. The summed E-state index contributed by atoms with van der Waals surface area (Å²) in [5, 5.41) is 22.5. The number of fused-ring (bicyclic) bond motifs is 1. The molecule has 46 heavy (non-hydrogen) atoms. The van der Waals surface area contributed by atoms with Crippen molar-refractivity contribution in [3.63, 3.8) is 0 Å². The number of hydrogen-bond donors (Lipinski definition) is 5. The highest BCUT2D eigenvalue weighted by Gasteiger charge is 2.60. The third-order valence-electron chi connectivity index (χ3n) is 7.31. The lowest BCUT2D eigenvalue weighted by Crippen LogP contribution is -2.75. The van der Waals surface area contributed by atoms with E-state index < -0.39 is 76.1 Å². The maximum Gasteiger partial charge on any atom is 0.323 e. The van der Waals surface area contributed by atoms with Crippen molar-refractivity contribution in [3.8, 4) is 0 Å². The number of nitrogens with zero attached hydrogens (tertiary/aromatic N) is 4. The lowest BCUT2D eigenvalue weighted by Gasteiger charge is -2.55. The molecule has 17 nitrogen and oxygen atoms in total. The third-order valence-corrected chi connectivity index (χ3v) is 10.1. The minimum absolute atomic E-state index is 0.0527. The van der Waals surface area contributed by atoms with E-state index in [9.17, 15) is 28.8 Å². The summed E-state index contributed by atoms with van der Waals surface area (Å²) in [5.74, 6) is -2.16. The van der Waals surface area contributed by atoms with Crippen LogP contribution in [0.2, 0.25) is 0 Å². The number of tetrazole rings is 1. The summed E-state index contributed by atoms with van der Waals surface area (Å²) in [6, 6.07) is 4.48. The van der Waals surface area contributed by atoms with Crippen LogP contribution in [0, 0.1) is 10.8 Å². The van der Waals surface area contributed by atoms with Gasteiger partial charge in [0.1, 0.15) is 22.9 Å². The van der Waals surface area contributed by atoms with Crippen molar-refractivity contribution in [2.45, 2.75) is 55.6 Å². The lowest BCUT2D eigenvalue weighted by molar-refractivity contribution is -0.180. The van der Waals surface area contributed by atoms with E-state index in [1.165, 1.54) is 23.7 Å². The molecule has 0 bridgehead atoms. The molecule has 248 valence electrons. The molecule has 5 N–H and O–H groups in total. The summed E-state index contributed by atoms with van der Waals surface area (Å²) in [5.41, 5.74) is -1.64. The Morgan fingerprint density at radius 2 is 1.87 bits per heavy atom. The van der Waals surface area contributed by atoms with Gasteiger partial charge in [0.25, 0.3) is 0 Å². The molecule has 19 heteroatoms. The Hall–Kier alpha value is -4.39. The molecule has 2 aliphatic heterocycles. The van der Waals surface area contributed by atoms with Gasteiger partial charge in [0.2, 0.25) is 23.8 Å². The fourth-order valence-corrected chi connectivity index (χ4v) is 7.36. The summed E-state index contributed by atoms with van der Waals surface area (Å²) in [4.78, 5) is 78.2. The highest BCUT2D eigenvalue weighted by molar-refractivity contribution is 8.01. The molecule has 0 spiro atoms. The van der Waals surface area contributed by atoms with E-state index in [0.717, 1.165) is 11.8 Å². The zero-order valence-electron chi connectivity index (χ0n) is 25.7. The first-order valence-corrected chi connectivity index (χ1v) is 16.0. The Kier molecular flexibility index (Phi) is 10.8. The smallest absolute Gasteiger partial charge is 0.323 e. The van der Waals surface area contributed by atoms with E-state index in [-0.39, 0.29) is 17.5 Å². The molecule has 2 aliphatic rings. The maximum atomic E-state index is 13.6. The number of aromatic nitrogens is 4. The van der Waals surface area contributed by atoms with Crippen LogP contribution < -0.4 is 21.3 Å². The summed E-state index contributed by atoms with van der Waals surface area (Å²) in [6.45, 7) is 6.13. The monoisotopic (exact) mass is 677 g/mol. The third kappa shape index (κ3) is 7.69. The van der Waals surface area contributed by atoms with E-state index in [1.54, 1.807) is 58.0 Å². The number of benzene rings is 1. The fraction of sp³-hybridized carbons (Fsp3) is 0.519. The Balaban J connectivity index is 1.47. The molecule has 2 fully saturated rings. The number of hydrogen-bond acceptors (Lipinski definition) is 13. The fourth-order valence-electron chi connectivity index (χ4n) is 4.62. The second-order valence-corrected chi connectivity index (χ2v) is 13.9. The Morgan fingerprint density at radius 3 is 2.50 bits per heavy atom. The first kappa shape index (κ1) is 34.5. The molecule has 6 amide bonds. The molecule has 5 atom stereocenters. The van der Waals surface area contributed by atoms with Gasteiger partial charge in [-0.15, -0.1) is 22.0 Å². The van der Waals surface area contributed by atoms with Gasteiger partial charge in [-0.25, -0.2) is 9.59 Å². The van der Waals surface area contributed by atoms with Crippen LogP contribution in [0.5, 0.6) is 0 Å². The summed E-state index contributed by atoms with van der Waals surface area (Å²) < 4.78 is 10.6. The van der Waals surface area contributed by atoms with Crippen LogP contribution in [0.3, 0.4) is 0 Å². The van der Waals surface area contributed by atoms with E-state index in [4.69, 9.17) is 9.47 Å². The molecule has 2 aromatic rings. The summed E-state index contributed by atoms with van der Waals surface area (Å²) in [7, 11) is 1.33. The number of amides is 6. The van der Waals surface area contributed by atoms with Crippen molar-refractivity contribution in [3.05, 3.63) is 35.9 Å². The zero-order chi connectivity index (χ0) is 33.6. The number of imide groups is 1. The Labute approximate surface area is 272 Å². The van der Waals surface area contributed by atoms with Crippen LogP contribution in [0.1, 0.15) is 39.3 Å². The minimum Gasteiger partial charge on any atom is -0.427 e. The highest BCUT2D eigenvalue weighted by atomic mass is 32.2. The number of thioether (sulfide) groups is 2. The SMILES string of the molecule is CNC(=O)NC(=O)NC(C(=O)NC1C(=O)N2CC(C(=O)OCOC(=O)C(C)(C)C)(C(C)Sc3nn[nH]n3)CS[C@H]12)c1ccccc1. The predicted molar refractivity (Wildman–Crippen MR) is 164 cm³/mol.